The molecule has 0 radical (unpaired) electrons. The number of Topliss-reactive ketones (excluding diaryl/α,β-unsaturated/α-hetero) is 1. The SMILES string of the molecule is CCCOC(=O)[C@H]1C(C(=O)OCC[Si](C)(C)C)C2CC(=O)[C@H]1c1cc(OCCC#N)ccc12. The van der Waals surface area contributed by atoms with Crippen LogP contribution >= 0.6 is 0 Å². The number of rotatable bonds is 10. The van der Waals surface area contributed by atoms with E-state index in [1.807, 2.05) is 19.1 Å². The third kappa shape index (κ3) is 5.64. The zero-order valence-electron chi connectivity index (χ0n) is 19.9. The van der Waals surface area contributed by atoms with Crippen LogP contribution in [0.4, 0.5) is 0 Å². The first-order valence-electron chi connectivity index (χ1n) is 11.7. The van der Waals surface area contributed by atoms with Crippen LogP contribution in [0.2, 0.25) is 25.7 Å². The molecule has 2 bridgehead atoms. The van der Waals surface area contributed by atoms with E-state index in [0.717, 1.165) is 17.2 Å². The molecule has 1 saturated carbocycles. The molecule has 7 nitrogen and oxygen atoms in total. The number of carbonyl (C=O) groups excluding carboxylic acids is 3. The van der Waals surface area contributed by atoms with Crippen molar-refractivity contribution in [3.05, 3.63) is 29.3 Å². The number of fused-ring (bicyclic) bond motifs is 2. The van der Waals surface area contributed by atoms with Crippen LogP contribution in [0.25, 0.3) is 0 Å². The van der Waals surface area contributed by atoms with Crippen LogP contribution in [0, 0.1) is 23.2 Å². The number of nitriles is 1. The molecule has 33 heavy (non-hydrogen) atoms. The summed E-state index contributed by atoms with van der Waals surface area (Å²) in [4.78, 5) is 39.4. The highest BCUT2D eigenvalue weighted by atomic mass is 28.3. The number of ether oxygens (including phenoxy) is 3. The molecular weight excluding hydrogens is 438 g/mol. The number of hydrogen-bond donors (Lipinski definition) is 0. The lowest BCUT2D eigenvalue weighted by Crippen LogP contribution is -2.50. The van der Waals surface area contributed by atoms with Crippen molar-refractivity contribution >= 4 is 25.8 Å². The van der Waals surface area contributed by atoms with Gasteiger partial charge in [0.05, 0.1) is 43.5 Å². The van der Waals surface area contributed by atoms with E-state index in [1.165, 1.54) is 0 Å². The molecule has 178 valence electrons. The molecule has 0 N–H and O–H groups in total. The van der Waals surface area contributed by atoms with E-state index in [-0.39, 0.29) is 31.8 Å². The van der Waals surface area contributed by atoms with E-state index < -0.39 is 43.7 Å². The molecule has 4 atom stereocenters. The van der Waals surface area contributed by atoms with Gasteiger partial charge in [-0.1, -0.05) is 32.6 Å². The normalized spacial score (nSPS) is 23.4. The third-order valence-corrected chi connectivity index (χ3v) is 8.02. The molecule has 0 spiro atoms. The Morgan fingerprint density at radius 3 is 2.42 bits per heavy atom. The van der Waals surface area contributed by atoms with E-state index in [9.17, 15) is 14.4 Å². The maximum atomic E-state index is 13.2. The number of nitrogens with zero attached hydrogens (tertiary/aromatic N) is 1. The summed E-state index contributed by atoms with van der Waals surface area (Å²) in [5.74, 6) is -3.29. The van der Waals surface area contributed by atoms with Gasteiger partial charge in [-0.15, -0.1) is 0 Å². The predicted molar refractivity (Wildman–Crippen MR) is 125 cm³/mol. The van der Waals surface area contributed by atoms with Gasteiger partial charge < -0.3 is 14.2 Å². The quantitative estimate of drug-likeness (QED) is 0.286. The summed E-state index contributed by atoms with van der Waals surface area (Å²) in [6.07, 6.45) is 1.11. The Morgan fingerprint density at radius 1 is 1.06 bits per heavy atom. The van der Waals surface area contributed by atoms with Crippen LogP contribution < -0.4 is 4.74 Å². The summed E-state index contributed by atoms with van der Waals surface area (Å²) in [5, 5.41) is 8.74. The first kappa shape index (κ1) is 25.0. The fraction of sp³-hybridized carbons (Fsp3) is 0.600. The smallest absolute Gasteiger partial charge is 0.310 e. The van der Waals surface area contributed by atoms with Crippen molar-refractivity contribution in [3.8, 4) is 11.8 Å². The lowest BCUT2D eigenvalue weighted by molar-refractivity contribution is -0.167. The second-order valence-corrected chi connectivity index (χ2v) is 15.6. The molecule has 0 saturated heterocycles. The second-order valence-electron chi connectivity index (χ2n) is 10.00. The van der Waals surface area contributed by atoms with E-state index in [2.05, 4.69) is 19.6 Å². The number of benzene rings is 1. The molecule has 3 aliphatic rings. The molecule has 4 rings (SSSR count). The summed E-state index contributed by atoms with van der Waals surface area (Å²) in [5.41, 5.74) is 1.61. The van der Waals surface area contributed by atoms with Crippen LogP contribution in [-0.2, 0) is 23.9 Å². The zero-order valence-corrected chi connectivity index (χ0v) is 20.9. The van der Waals surface area contributed by atoms with Crippen LogP contribution in [0.1, 0.15) is 49.1 Å². The van der Waals surface area contributed by atoms with Crippen molar-refractivity contribution in [3.63, 3.8) is 0 Å². The van der Waals surface area contributed by atoms with Crippen LogP contribution in [0.5, 0.6) is 5.75 Å². The lowest BCUT2D eigenvalue weighted by atomic mass is 9.55. The maximum absolute atomic E-state index is 13.2. The molecule has 8 heteroatoms. The summed E-state index contributed by atoms with van der Waals surface area (Å²) < 4.78 is 16.7. The van der Waals surface area contributed by atoms with Crippen molar-refractivity contribution in [2.45, 2.75) is 63.7 Å². The van der Waals surface area contributed by atoms with Crippen LogP contribution in [-0.4, -0.2) is 45.6 Å². The summed E-state index contributed by atoms with van der Waals surface area (Å²) in [7, 11) is -1.39. The first-order valence-corrected chi connectivity index (χ1v) is 15.4. The summed E-state index contributed by atoms with van der Waals surface area (Å²) in [6, 6.07) is 8.30. The third-order valence-electron chi connectivity index (χ3n) is 6.31. The standard InChI is InChI=1S/C25H33NO6Si/c1-5-10-31-25(29)23-21-18-14-16(30-11-6-9-26)7-8-17(18)19(15-20(21)27)22(23)24(28)32-12-13-33(2,3)4/h7-8,14,19,21-23H,5-6,10-13,15H2,1-4H3/t19?,21-,22?,23-/m1/s1. The molecule has 0 aliphatic heterocycles. The maximum Gasteiger partial charge on any atom is 0.310 e. The fourth-order valence-electron chi connectivity index (χ4n) is 4.71. The first-order chi connectivity index (χ1) is 15.7. The van der Waals surface area contributed by atoms with Gasteiger partial charge in [-0.3, -0.25) is 14.4 Å². The molecule has 1 aromatic rings. The highest BCUT2D eigenvalue weighted by Gasteiger charge is 2.57. The average molecular weight is 472 g/mol. The van der Waals surface area contributed by atoms with E-state index >= 15 is 0 Å². The predicted octanol–water partition coefficient (Wildman–Crippen LogP) is 4.20. The Labute approximate surface area is 196 Å². The summed E-state index contributed by atoms with van der Waals surface area (Å²) >= 11 is 0. The highest BCUT2D eigenvalue weighted by Crippen LogP contribution is 2.55. The number of carbonyl (C=O) groups is 3. The fourth-order valence-corrected chi connectivity index (χ4v) is 5.42. The molecule has 1 fully saturated rings. The van der Waals surface area contributed by atoms with Gasteiger partial charge in [0.15, 0.2) is 0 Å². The molecule has 1 aromatic carbocycles. The Kier molecular flexibility index (Phi) is 7.95. The van der Waals surface area contributed by atoms with E-state index in [4.69, 9.17) is 19.5 Å². The molecule has 0 amide bonds. The Hall–Kier alpha value is -2.66. The Morgan fingerprint density at radius 2 is 1.76 bits per heavy atom. The monoisotopic (exact) mass is 471 g/mol. The molecule has 2 unspecified atom stereocenters. The molecule has 0 heterocycles. The van der Waals surface area contributed by atoms with Crippen molar-refractivity contribution in [1.82, 2.24) is 0 Å². The van der Waals surface area contributed by atoms with Crippen molar-refractivity contribution in [2.24, 2.45) is 11.8 Å². The van der Waals surface area contributed by atoms with Gasteiger partial charge in [0.2, 0.25) is 0 Å². The van der Waals surface area contributed by atoms with E-state index in [1.54, 1.807) is 12.1 Å². The lowest BCUT2D eigenvalue weighted by Gasteiger charge is -2.46. The minimum Gasteiger partial charge on any atom is -0.493 e. The van der Waals surface area contributed by atoms with Crippen LogP contribution in [0.15, 0.2) is 18.2 Å². The highest BCUT2D eigenvalue weighted by molar-refractivity contribution is 6.76. The van der Waals surface area contributed by atoms with Gasteiger partial charge in [-0.05, 0) is 35.7 Å². The Balaban J connectivity index is 1.93. The average Bonchev–Trinajstić information content (AvgIpc) is 2.76. The number of ketones is 1. The molecular formula is C25H33NO6Si. The van der Waals surface area contributed by atoms with E-state index in [0.29, 0.717) is 18.8 Å². The summed E-state index contributed by atoms with van der Waals surface area (Å²) in [6.45, 7) is 9.33. The molecule has 0 aromatic heterocycles. The number of hydrogen-bond acceptors (Lipinski definition) is 7. The largest absolute Gasteiger partial charge is 0.493 e. The van der Waals surface area contributed by atoms with Crippen LogP contribution in [0.3, 0.4) is 0 Å². The van der Waals surface area contributed by atoms with Crippen molar-refractivity contribution < 1.29 is 28.6 Å². The number of esters is 2. The van der Waals surface area contributed by atoms with Gasteiger partial charge in [-0.2, -0.15) is 5.26 Å². The van der Waals surface area contributed by atoms with Gasteiger partial charge in [0.25, 0.3) is 0 Å². The van der Waals surface area contributed by atoms with Crippen molar-refractivity contribution in [1.29, 1.82) is 5.26 Å². The Bertz CT molecular complexity index is 947. The zero-order chi connectivity index (χ0) is 24.2. The van der Waals surface area contributed by atoms with Gasteiger partial charge in [-0.25, -0.2) is 0 Å². The molecule has 3 aliphatic carbocycles. The second kappa shape index (κ2) is 10.5. The van der Waals surface area contributed by atoms with Crippen molar-refractivity contribution in [2.75, 3.05) is 19.8 Å². The van der Waals surface area contributed by atoms with Gasteiger partial charge >= 0.3 is 11.9 Å². The van der Waals surface area contributed by atoms with Gasteiger partial charge in [0, 0.05) is 20.4 Å². The minimum atomic E-state index is -1.39. The van der Waals surface area contributed by atoms with Gasteiger partial charge in [0.1, 0.15) is 18.1 Å². The minimum absolute atomic E-state index is 0.0636. The topological polar surface area (TPSA) is 103 Å².